The van der Waals surface area contributed by atoms with Crippen molar-refractivity contribution >= 4 is 56.5 Å². The molecule has 0 radical (unpaired) electrons. The van der Waals surface area contributed by atoms with E-state index in [1.54, 1.807) is 22.3 Å². The number of amides is 2. The largest absolute Gasteiger partial charge is 0.321 e. The molecule has 1 fully saturated rings. The number of hydrogen-bond acceptors (Lipinski definition) is 3. The predicted molar refractivity (Wildman–Crippen MR) is 97.7 cm³/mol. The summed E-state index contributed by atoms with van der Waals surface area (Å²) < 4.78 is 1.02. The minimum Gasteiger partial charge on any atom is -0.321 e. The summed E-state index contributed by atoms with van der Waals surface area (Å²) in [7, 11) is 0. The maximum atomic E-state index is 12.1. The third-order valence-electron chi connectivity index (χ3n) is 3.52. The molecule has 0 spiro atoms. The standard InChI is InChI=1S/C17H15BrN2O2S/c18-15-9-7-12(23-15)8-10-16(21)19-13-4-1-2-5-14(13)20-11-3-6-17(20)22/h1-2,4-5,7-10H,3,6,11H2,(H,19,21)/b10-8+. The number of carbonyl (C=O) groups excluding carboxylic acids is 2. The minimum absolute atomic E-state index is 0.102. The molecular weight excluding hydrogens is 376 g/mol. The monoisotopic (exact) mass is 390 g/mol. The van der Waals surface area contributed by atoms with Crippen molar-refractivity contribution in [1.29, 1.82) is 0 Å². The molecule has 2 heterocycles. The van der Waals surface area contributed by atoms with E-state index in [-0.39, 0.29) is 11.8 Å². The lowest BCUT2D eigenvalue weighted by Gasteiger charge is -2.19. The van der Waals surface area contributed by atoms with Gasteiger partial charge >= 0.3 is 0 Å². The Labute approximate surface area is 146 Å². The van der Waals surface area contributed by atoms with Crippen LogP contribution >= 0.6 is 27.3 Å². The van der Waals surface area contributed by atoms with Crippen molar-refractivity contribution < 1.29 is 9.59 Å². The Morgan fingerprint density at radius 1 is 1.26 bits per heavy atom. The lowest BCUT2D eigenvalue weighted by Crippen LogP contribution is -2.25. The van der Waals surface area contributed by atoms with Crippen LogP contribution in [0.2, 0.25) is 0 Å². The van der Waals surface area contributed by atoms with Gasteiger partial charge in [0.1, 0.15) is 0 Å². The third kappa shape index (κ3) is 3.89. The van der Waals surface area contributed by atoms with E-state index in [0.717, 1.165) is 20.8 Å². The van der Waals surface area contributed by atoms with E-state index in [1.807, 2.05) is 36.4 Å². The number of rotatable bonds is 4. The Morgan fingerprint density at radius 2 is 2.09 bits per heavy atom. The first kappa shape index (κ1) is 16.0. The molecule has 1 aromatic heterocycles. The Morgan fingerprint density at radius 3 is 2.78 bits per heavy atom. The number of thiophene rings is 1. The average molecular weight is 391 g/mol. The van der Waals surface area contributed by atoms with Crippen molar-refractivity contribution in [2.75, 3.05) is 16.8 Å². The smallest absolute Gasteiger partial charge is 0.248 e. The van der Waals surface area contributed by atoms with Gasteiger partial charge in [0.2, 0.25) is 11.8 Å². The Hall–Kier alpha value is -1.92. The van der Waals surface area contributed by atoms with Gasteiger partial charge in [-0.15, -0.1) is 11.3 Å². The lowest BCUT2D eigenvalue weighted by atomic mass is 10.2. The molecule has 23 heavy (non-hydrogen) atoms. The van der Waals surface area contributed by atoms with Gasteiger partial charge in [0.05, 0.1) is 15.2 Å². The number of anilines is 2. The van der Waals surface area contributed by atoms with Crippen LogP contribution in [0.1, 0.15) is 17.7 Å². The quantitative estimate of drug-likeness (QED) is 0.791. The van der Waals surface area contributed by atoms with Gasteiger partial charge in [-0.25, -0.2) is 0 Å². The fraction of sp³-hybridized carbons (Fsp3) is 0.176. The number of nitrogens with one attached hydrogen (secondary N) is 1. The highest BCUT2D eigenvalue weighted by Gasteiger charge is 2.23. The summed E-state index contributed by atoms with van der Waals surface area (Å²) in [5.74, 6) is -0.112. The van der Waals surface area contributed by atoms with Crippen molar-refractivity contribution in [1.82, 2.24) is 0 Å². The maximum Gasteiger partial charge on any atom is 0.248 e. The number of halogens is 1. The van der Waals surface area contributed by atoms with Crippen LogP contribution in [-0.4, -0.2) is 18.4 Å². The fourth-order valence-corrected chi connectivity index (χ4v) is 3.79. The third-order valence-corrected chi connectivity index (χ3v) is 5.11. The first-order valence-corrected chi connectivity index (χ1v) is 8.88. The predicted octanol–water partition coefficient (Wildman–Crippen LogP) is 4.29. The fourth-order valence-electron chi connectivity index (χ4n) is 2.47. The molecule has 1 aromatic carbocycles. The maximum absolute atomic E-state index is 12.1. The number of hydrogen-bond donors (Lipinski definition) is 1. The first-order chi connectivity index (χ1) is 11.1. The highest BCUT2D eigenvalue weighted by Crippen LogP contribution is 2.29. The second-order valence-corrected chi connectivity index (χ2v) is 7.63. The first-order valence-electron chi connectivity index (χ1n) is 7.27. The summed E-state index contributed by atoms with van der Waals surface area (Å²) in [5.41, 5.74) is 1.42. The van der Waals surface area contributed by atoms with Crippen molar-refractivity contribution in [2.24, 2.45) is 0 Å². The summed E-state index contributed by atoms with van der Waals surface area (Å²) >= 11 is 4.95. The molecule has 1 aliphatic rings. The zero-order chi connectivity index (χ0) is 16.2. The van der Waals surface area contributed by atoms with Crippen LogP contribution in [0.15, 0.2) is 46.3 Å². The molecule has 2 amide bonds. The van der Waals surface area contributed by atoms with Crippen LogP contribution in [0.5, 0.6) is 0 Å². The molecule has 1 N–H and O–H groups in total. The zero-order valence-electron chi connectivity index (χ0n) is 12.3. The Bertz CT molecular complexity index is 769. The van der Waals surface area contributed by atoms with E-state index in [9.17, 15) is 9.59 Å². The van der Waals surface area contributed by atoms with E-state index in [4.69, 9.17) is 0 Å². The van der Waals surface area contributed by atoms with Gasteiger partial charge in [-0.2, -0.15) is 0 Å². The molecule has 0 saturated carbocycles. The average Bonchev–Trinajstić information content (AvgIpc) is 3.14. The van der Waals surface area contributed by atoms with E-state index in [1.165, 1.54) is 6.08 Å². The number of nitrogens with zero attached hydrogens (tertiary/aromatic N) is 1. The van der Waals surface area contributed by atoms with Gasteiger partial charge in [0.25, 0.3) is 0 Å². The Balaban J connectivity index is 1.73. The molecule has 3 rings (SSSR count). The molecular formula is C17H15BrN2O2S. The van der Waals surface area contributed by atoms with Gasteiger partial charge in [-0.3, -0.25) is 9.59 Å². The van der Waals surface area contributed by atoms with Crippen LogP contribution in [0.4, 0.5) is 11.4 Å². The molecule has 1 aliphatic heterocycles. The van der Waals surface area contributed by atoms with E-state index >= 15 is 0 Å². The molecule has 6 heteroatoms. The van der Waals surface area contributed by atoms with Gasteiger partial charge < -0.3 is 10.2 Å². The lowest BCUT2D eigenvalue weighted by molar-refractivity contribution is -0.117. The van der Waals surface area contributed by atoms with Crippen molar-refractivity contribution in [3.63, 3.8) is 0 Å². The minimum atomic E-state index is -0.214. The number of benzene rings is 1. The number of carbonyl (C=O) groups is 2. The normalized spacial score (nSPS) is 14.7. The van der Waals surface area contributed by atoms with E-state index in [2.05, 4.69) is 21.2 Å². The molecule has 2 aromatic rings. The highest BCUT2D eigenvalue weighted by molar-refractivity contribution is 9.11. The van der Waals surface area contributed by atoms with Crippen LogP contribution in [0, 0.1) is 0 Å². The number of para-hydroxylation sites is 2. The van der Waals surface area contributed by atoms with Gasteiger partial charge in [-0.1, -0.05) is 12.1 Å². The SMILES string of the molecule is O=C(/C=C/c1ccc(Br)s1)Nc1ccccc1N1CCCC1=O. The molecule has 0 atom stereocenters. The van der Waals surface area contributed by atoms with E-state index < -0.39 is 0 Å². The van der Waals surface area contributed by atoms with Crippen molar-refractivity contribution in [3.8, 4) is 0 Å². The van der Waals surface area contributed by atoms with Gasteiger partial charge in [0.15, 0.2) is 0 Å². The summed E-state index contributed by atoms with van der Waals surface area (Å²) in [6.07, 6.45) is 4.69. The van der Waals surface area contributed by atoms with E-state index in [0.29, 0.717) is 18.7 Å². The summed E-state index contributed by atoms with van der Waals surface area (Å²) in [5, 5.41) is 2.86. The summed E-state index contributed by atoms with van der Waals surface area (Å²) in [4.78, 5) is 26.8. The molecule has 0 unspecified atom stereocenters. The summed E-state index contributed by atoms with van der Waals surface area (Å²) in [6.45, 7) is 0.699. The second kappa shape index (κ2) is 7.10. The summed E-state index contributed by atoms with van der Waals surface area (Å²) in [6, 6.07) is 11.3. The zero-order valence-corrected chi connectivity index (χ0v) is 14.7. The van der Waals surface area contributed by atoms with Crippen molar-refractivity contribution in [2.45, 2.75) is 12.8 Å². The topological polar surface area (TPSA) is 49.4 Å². The van der Waals surface area contributed by atoms with Crippen LogP contribution in [0.3, 0.4) is 0 Å². The van der Waals surface area contributed by atoms with Gasteiger partial charge in [-0.05, 0) is 52.7 Å². The van der Waals surface area contributed by atoms with Crippen molar-refractivity contribution in [3.05, 3.63) is 51.1 Å². The second-order valence-electron chi connectivity index (χ2n) is 5.13. The molecule has 4 nitrogen and oxygen atoms in total. The van der Waals surface area contributed by atoms with Crippen LogP contribution in [0.25, 0.3) is 6.08 Å². The molecule has 118 valence electrons. The van der Waals surface area contributed by atoms with Crippen LogP contribution in [-0.2, 0) is 9.59 Å². The molecule has 0 bridgehead atoms. The van der Waals surface area contributed by atoms with Crippen LogP contribution < -0.4 is 10.2 Å². The van der Waals surface area contributed by atoms with Gasteiger partial charge in [0, 0.05) is 23.9 Å². The highest BCUT2D eigenvalue weighted by atomic mass is 79.9. The molecule has 1 saturated heterocycles. The Kier molecular flexibility index (Phi) is 4.93. The molecule has 0 aliphatic carbocycles.